The van der Waals surface area contributed by atoms with E-state index >= 15 is 0 Å². The average molecular weight is 785 g/mol. The standard InChI is InChI=1S/C36H48O19/c1-16-26(42)28(44)33(55-34-29(45)27(43)21(40)15-50-34)36(51-16)54-32-30(46)35(49-11-10-18-5-8-22(47-2)20(39)12-18)52-24(14-37)31(32)53-25(41)9-6-17-4-7-19(38)23(13-17)48-3/h4-9,12-13,16,21,24,26-40,42-46H,10-11,14-15H2,1-3H3/b9-6-/t16-,21-,24-,26-,27+,28+,29-,30+,31-,32+,33-,34+,35-,36+/m0/s1. The summed E-state index contributed by atoms with van der Waals surface area (Å²) in [5, 5.41) is 94.5. The Balaban J connectivity index is 1.40. The van der Waals surface area contributed by atoms with Crippen LogP contribution in [0.5, 0.6) is 23.0 Å². The summed E-state index contributed by atoms with van der Waals surface area (Å²) >= 11 is 0. The molecule has 0 aliphatic carbocycles. The highest BCUT2D eigenvalue weighted by Crippen LogP contribution is 2.34. The van der Waals surface area contributed by atoms with Crippen molar-refractivity contribution in [2.45, 2.75) is 99.4 Å². The SMILES string of the molecule is COc1ccc(CCO[C@H]2O[C@@H](CO)[C@H](OC(=O)/C=C\c3ccc(O)c(OC)c3)[C@H](O[C@H]3O[C@@H](C)[C@H](O)[C@@H](O)[C@@H]3O[C@H]3OC[C@H](O)[C@@H](O)[C@@H]3O)[C@H]2O)cc1O. The Bertz CT molecular complexity index is 1590. The van der Waals surface area contributed by atoms with Gasteiger partial charge in [0.15, 0.2) is 48.0 Å². The molecule has 3 fully saturated rings. The Morgan fingerprint density at radius 3 is 2.20 bits per heavy atom. The van der Waals surface area contributed by atoms with Gasteiger partial charge < -0.3 is 88.6 Å². The van der Waals surface area contributed by atoms with Crippen molar-refractivity contribution >= 4 is 12.0 Å². The van der Waals surface area contributed by atoms with E-state index in [0.717, 1.165) is 6.08 Å². The van der Waals surface area contributed by atoms with Crippen molar-refractivity contribution in [1.29, 1.82) is 0 Å². The molecule has 0 bridgehead atoms. The van der Waals surface area contributed by atoms with Crippen LogP contribution in [-0.2, 0) is 44.4 Å². The van der Waals surface area contributed by atoms with E-state index in [1.807, 2.05) is 0 Å². The molecule has 0 amide bonds. The zero-order valence-electron chi connectivity index (χ0n) is 30.1. The number of benzene rings is 2. The fourth-order valence-corrected chi connectivity index (χ4v) is 6.26. The highest BCUT2D eigenvalue weighted by Gasteiger charge is 2.54. The van der Waals surface area contributed by atoms with E-state index < -0.39 is 105 Å². The number of esters is 1. The molecular formula is C36H48O19. The molecule has 3 aliphatic rings. The smallest absolute Gasteiger partial charge is 0.331 e. The van der Waals surface area contributed by atoms with Crippen molar-refractivity contribution in [2.24, 2.45) is 0 Å². The van der Waals surface area contributed by atoms with Gasteiger partial charge in [-0.25, -0.2) is 4.79 Å². The predicted molar refractivity (Wildman–Crippen MR) is 183 cm³/mol. The molecule has 55 heavy (non-hydrogen) atoms. The van der Waals surface area contributed by atoms with Crippen molar-refractivity contribution in [1.82, 2.24) is 0 Å². The quantitative estimate of drug-likeness (QED) is 0.0744. The lowest BCUT2D eigenvalue weighted by Gasteiger charge is -2.48. The first-order chi connectivity index (χ1) is 26.3. The van der Waals surface area contributed by atoms with Crippen LogP contribution in [0.25, 0.3) is 6.08 Å². The average Bonchev–Trinajstić information content (AvgIpc) is 3.17. The summed E-state index contributed by atoms with van der Waals surface area (Å²) in [4.78, 5) is 13.2. The largest absolute Gasteiger partial charge is 0.504 e. The number of ether oxygens (including phenoxy) is 9. The Morgan fingerprint density at radius 2 is 1.51 bits per heavy atom. The minimum atomic E-state index is -1.81. The molecule has 3 heterocycles. The first kappa shape index (κ1) is 42.5. The Kier molecular flexibility index (Phi) is 14.7. The van der Waals surface area contributed by atoms with E-state index in [1.165, 1.54) is 51.5 Å². The lowest BCUT2D eigenvalue weighted by molar-refractivity contribution is -0.381. The first-order valence-electron chi connectivity index (χ1n) is 17.4. The number of methoxy groups -OCH3 is 2. The maximum Gasteiger partial charge on any atom is 0.331 e. The van der Waals surface area contributed by atoms with Gasteiger partial charge in [0.05, 0.1) is 40.1 Å². The van der Waals surface area contributed by atoms with E-state index in [9.17, 15) is 50.8 Å². The van der Waals surface area contributed by atoms with Gasteiger partial charge in [-0.3, -0.25) is 0 Å². The van der Waals surface area contributed by atoms with Crippen molar-refractivity contribution in [3.05, 3.63) is 53.6 Å². The predicted octanol–water partition coefficient (Wildman–Crippen LogP) is -1.95. The van der Waals surface area contributed by atoms with Gasteiger partial charge in [-0.15, -0.1) is 0 Å². The van der Waals surface area contributed by atoms with Crippen LogP contribution in [0.15, 0.2) is 42.5 Å². The molecule has 9 N–H and O–H groups in total. The lowest BCUT2D eigenvalue weighted by atomic mass is 9.96. The fraction of sp³-hybridized carbons (Fsp3) is 0.583. The van der Waals surface area contributed by atoms with Crippen LogP contribution in [0.4, 0.5) is 0 Å². The Morgan fingerprint density at radius 1 is 0.782 bits per heavy atom. The number of phenolic OH excluding ortho intramolecular Hbond substituents is 2. The van der Waals surface area contributed by atoms with Gasteiger partial charge in [0.25, 0.3) is 0 Å². The highest BCUT2D eigenvalue weighted by molar-refractivity contribution is 5.87. The van der Waals surface area contributed by atoms with Crippen LogP contribution in [-0.4, -0.2) is 172 Å². The summed E-state index contributed by atoms with van der Waals surface area (Å²) in [7, 11) is 2.76. The van der Waals surface area contributed by atoms with Crippen LogP contribution >= 0.6 is 0 Å². The number of carbonyl (C=O) groups excluding carboxylic acids is 1. The van der Waals surface area contributed by atoms with E-state index in [1.54, 1.807) is 12.1 Å². The van der Waals surface area contributed by atoms with Crippen LogP contribution in [0.2, 0.25) is 0 Å². The first-order valence-corrected chi connectivity index (χ1v) is 17.4. The number of aliphatic hydroxyl groups excluding tert-OH is 7. The zero-order valence-corrected chi connectivity index (χ0v) is 30.1. The van der Waals surface area contributed by atoms with Gasteiger partial charge in [0.2, 0.25) is 0 Å². The summed E-state index contributed by atoms with van der Waals surface area (Å²) in [6.45, 7) is 0.0972. The molecular weight excluding hydrogens is 736 g/mol. The summed E-state index contributed by atoms with van der Waals surface area (Å²) < 4.78 is 50.6. The number of rotatable bonds is 14. The van der Waals surface area contributed by atoms with Crippen molar-refractivity contribution in [3.63, 3.8) is 0 Å². The molecule has 19 heteroatoms. The van der Waals surface area contributed by atoms with Gasteiger partial charge in [0, 0.05) is 6.08 Å². The normalized spacial score (nSPS) is 35.4. The molecule has 19 nitrogen and oxygen atoms in total. The molecule has 0 spiro atoms. The Labute approximate surface area is 315 Å². The number of aromatic hydroxyl groups is 2. The van der Waals surface area contributed by atoms with E-state index in [-0.39, 0.29) is 36.0 Å². The molecule has 2 aromatic carbocycles. The third-order valence-corrected chi connectivity index (χ3v) is 9.40. The summed E-state index contributed by atoms with van der Waals surface area (Å²) in [5.41, 5.74) is 1.08. The summed E-state index contributed by atoms with van der Waals surface area (Å²) in [6.07, 6.45) is -19.7. The molecule has 2 aromatic rings. The second kappa shape index (κ2) is 19.0. The van der Waals surface area contributed by atoms with Gasteiger partial charge in [-0.05, 0) is 54.8 Å². The molecule has 0 unspecified atom stereocenters. The molecule has 306 valence electrons. The molecule has 3 aliphatic heterocycles. The zero-order chi connectivity index (χ0) is 40.0. The third-order valence-electron chi connectivity index (χ3n) is 9.40. The molecule has 3 saturated heterocycles. The van der Waals surface area contributed by atoms with E-state index in [0.29, 0.717) is 11.1 Å². The number of hydrogen-bond donors (Lipinski definition) is 9. The number of hydrogen-bond acceptors (Lipinski definition) is 19. The van der Waals surface area contributed by atoms with Crippen LogP contribution in [0.3, 0.4) is 0 Å². The van der Waals surface area contributed by atoms with E-state index in [2.05, 4.69) is 0 Å². The van der Waals surface area contributed by atoms with E-state index in [4.69, 9.17) is 42.6 Å². The fourth-order valence-electron chi connectivity index (χ4n) is 6.26. The summed E-state index contributed by atoms with van der Waals surface area (Å²) in [5.74, 6) is -0.805. The van der Waals surface area contributed by atoms with Gasteiger partial charge >= 0.3 is 5.97 Å². The second-order valence-electron chi connectivity index (χ2n) is 13.2. The third kappa shape index (κ3) is 10.0. The van der Waals surface area contributed by atoms with Crippen molar-refractivity contribution in [3.8, 4) is 23.0 Å². The minimum Gasteiger partial charge on any atom is -0.504 e. The van der Waals surface area contributed by atoms with Crippen LogP contribution < -0.4 is 9.47 Å². The molecule has 5 rings (SSSR count). The lowest BCUT2D eigenvalue weighted by Crippen LogP contribution is -2.66. The maximum atomic E-state index is 13.2. The topological polar surface area (TPSA) is 282 Å². The number of phenols is 2. The maximum absolute atomic E-state index is 13.2. The molecule has 14 atom stereocenters. The molecule has 0 saturated carbocycles. The van der Waals surface area contributed by atoms with Gasteiger partial charge in [-0.2, -0.15) is 0 Å². The van der Waals surface area contributed by atoms with Crippen molar-refractivity contribution in [2.75, 3.05) is 34.0 Å². The summed E-state index contributed by atoms with van der Waals surface area (Å²) in [6, 6.07) is 9.03. The monoisotopic (exact) mass is 784 g/mol. The van der Waals surface area contributed by atoms with Crippen LogP contribution in [0.1, 0.15) is 18.1 Å². The molecule has 0 aromatic heterocycles. The van der Waals surface area contributed by atoms with Gasteiger partial charge in [0.1, 0.15) is 54.9 Å². The second-order valence-corrected chi connectivity index (χ2v) is 13.2. The number of aliphatic hydroxyl groups is 7. The van der Waals surface area contributed by atoms with Crippen LogP contribution in [0, 0.1) is 0 Å². The van der Waals surface area contributed by atoms with Gasteiger partial charge in [-0.1, -0.05) is 12.1 Å². The van der Waals surface area contributed by atoms with Crippen molar-refractivity contribution < 1.29 is 93.4 Å². The minimum absolute atomic E-state index is 0.0830. The Hall–Kier alpha value is -3.67. The number of carbonyl (C=O) groups is 1. The highest BCUT2D eigenvalue weighted by atomic mass is 16.8. The molecule has 0 radical (unpaired) electrons.